The third kappa shape index (κ3) is 4.94. The summed E-state index contributed by atoms with van der Waals surface area (Å²) >= 11 is 6.39. The van der Waals surface area contributed by atoms with Crippen LogP contribution in [-0.2, 0) is 4.74 Å². The summed E-state index contributed by atoms with van der Waals surface area (Å²) in [4.78, 5) is 29.0. The van der Waals surface area contributed by atoms with Gasteiger partial charge in [-0.05, 0) is 61.1 Å². The lowest BCUT2D eigenvalue weighted by molar-refractivity contribution is 0.0600. The molecule has 1 fully saturated rings. The van der Waals surface area contributed by atoms with Crippen LogP contribution in [0.4, 0.5) is 11.4 Å². The number of anilines is 2. The molecule has 1 saturated carbocycles. The lowest BCUT2D eigenvalue weighted by Crippen LogP contribution is -2.14. The Hall–Kier alpha value is -3.32. The van der Waals surface area contributed by atoms with E-state index in [1.54, 1.807) is 18.2 Å². The molecule has 1 aliphatic carbocycles. The van der Waals surface area contributed by atoms with Gasteiger partial charge in [-0.15, -0.1) is 0 Å². The van der Waals surface area contributed by atoms with Crippen LogP contribution >= 0.6 is 11.6 Å². The molecule has 8 heteroatoms. The van der Waals surface area contributed by atoms with Crippen LogP contribution in [0, 0.1) is 0 Å². The highest BCUT2D eigenvalue weighted by atomic mass is 35.5. The second-order valence-corrected chi connectivity index (χ2v) is 8.91. The number of carbonyl (C=O) groups is 2. The summed E-state index contributed by atoms with van der Waals surface area (Å²) in [6.07, 6.45) is 6.73. The summed E-state index contributed by atoms with van der Waals surface area (Å²) < 4.78 is 10.8. The zero-order valence-electron chi connectivity index (χ0n) is 19.3. The van der Waals surface area contributed by atoms with E-state index in [9.17, 15) is 9.59 Å². The van der Waals surface area contributed by atoms with Gasteiger partial charge in [0.1, 0.15) is 5.75 Å². The number of esters is 1. The number of amides is 1. The van der Waals surface area contributed by atoms with E-state index in [1.807, 2.05) is 19.1 Å². The fraction of sp³-hybridized carbons (Fsp3) is 0.346. The van der Waals surface area contributed by atoms with E-state index < -0.39 is 11.9 Å². The summed E-state index contributed by atoms with van der Waals surface area (Å²) in [5.41, 5.74) is 9.15. The van der Waals surface area contributed by atoms with Crippen molar-refractivity contribution >= 4 is 45.8 Å². The summed E-state index contributed by atoms with van der Waals surface area (Å²) in [6.45, 7) is 2.51. The summed E-state index contributed by atoms with van der Waals surface area (Å²) in [7, 11) is 1.36. The first-order chi connectivity index (χ1) is 16.4. The Balaban J connectivity index is 1.85. The molecule has 7 nitrogen and oxygen atoms in total. The van der Waals surface area contributed by atoms with Gasteiger partial charge in [-0.3, -0.25) is 9.78 Å². The molecule has 2 aromatic carbocycles. The molecule has 1 aliphatic rings. The van der Waals surface area contributed by atoms with Crippen molar-refractivity contribution in [2.75, 3.05) is 19.0 Å². The third-order valence-electron chi connectivity index (χ3n) is 6.12. The predicted molar refractivity (Wildman–Crippen MR) is 133 cm³/mol. The third-order valence-corrected chi connectivity index (χ3v) is 6.42. The van der Waals surface area contributed by atoms with Gasteiger partial charge >= 0.3 is 5.97 Å². The van der Waals surface area contributed by atoms with Gasteiger partial charge in [0.2, 0.25) is 0 Å². The number of nitrogens with one attached hydrogen (secondary N) is 1. The Labute approximate surface area is 203 Å². The molecule has 0 radical (unpaired) electrons. The summed E-state index contributed by atoms with van der Waals surface area (Å²) in [6, 6.07) is 9.09. The Morgan fingerprint density at radius 3 is 2.62 bits per heavy atom. The summed E-state index contributed by atoms with van der Waals surface area (Å²) in [5, 5.41) is 4.41. The van der Waals surface area contributed by atoms with E-state index in [0.717, 1.165) is 37.7 Å². The maximum atomic E-state index is 12.4. The van der Waals surface area contributed by atoms with Gasteiger partial charge in [-0.1, -0.05) is 31.4 Å². The fourth-order valence-electron chi connectivity index (χ4n) is 4.44. The number of nitrogens with two attached hydrogens (primary N) is 1. The number of hydrogen-bond donors (Lipinski definition) is 2. The number of aromatic nitrogens is 1. The van der Waals surface area contributed by atoms with Crippen molar-refractivity contribution < 1.29 is 19.1 Å². The number of pyridine rings is 1. The number of fused-ring (bicyclic) bond motifs is 1. The van der Waals surface area contributed by atoms with Crippen LogP contribution in [0.3, 0.4) is 0 Å². The van der Waals surface area contributed by atoms with Crippen molar-refractivity contribution in [1.82, 2.24) is 4.98 Å². The van der Waals surface area contributed by atoms with Gasteiger partial charge in [-0.2, -0.15) is 0 Å². The van der Waals surface area contributed by atoms with Crippen LogP contribution in [0.25, 0.3) is 10.9 Å². The van der Waals surface area contributed by atoms with E-state index in [4.69, 9.17) is 26.8 Å². The number of halogens is 1. The minimum atomic E-state index is -0.622. The van der Waals surface area contributed by atoms with Crippen molar-refractivity contribution in [2.45, 2.75) is 44.9 Å². The van der Waals surface area contributed by atoms with Crippen LogP contribution in [0.15, 0.2) is 36.5 Å². The van der Waals surface area contributed by atoms with Gasteiger partial charge in [0.15, 0.2) is 0 Å². The van der Waals surface area contributed by atoms with Gasteiger partial charge in [0, 0.05) is 17.3 Å². The monoisotopic (exact) mass is 481 g/mol. The van der Waals surface area contributed by atoms with Gasteiger partial charge in [-0.25, -0.2) is 4.79 Å². The van der Waals surface area contributed by atoms with Crippen molar-refractivity contribution in [2.24, 2.45) is 5.73 Å². The van der Waals surface area contributed by atoms with E-state index in [2.05, 4.69) is 10.3 Å². The topological polar surface area (TPSA) is 104 Å². The molecule has 1 aromatic heterocycles. The first-order valence-electron chi connectivity index (χ1n) is 11.5. The molecular weight excluding hydrogens is 454 g/mol. The van der Waals surface area contributed by atoms with Crippen LogP contribution in [0.2, 0.25) is 5.02 Å². The molecule has 0 atom stereocenters. The Kier molecular flexibility index (Phi) is 7.22. The smallest absolute Gasteiger partial charge is 0.337 e. The molecule has 1 heterocycles. The van der Waals surface area contributed by atoms with E-state index in [-0.39, 0.29) is 5.56 Å². The Morgan fingerprint density at radius 1 is 1.18 bits per heavy atom. The molecule has 3 N–H and O–H groups in total. The average Bonchev–Trinajstić information content (AvgIpc) is 3.37. The molecule has 0 unspecified atom stereocenters. The highest BCUT2D eigenvalue weighted by Gasteiger charge is 2.21. The first-order valence-corrected chi connectivity index (χ1v) is 11.8. The molecule has 0 saturated heterocycles. The fourth-order valence-corrected chi connectivity index (χ4v) is 4.65. The van der Waals surface area contributed by atoms with Gasteiger partial charge < -0.3 is 20.5 Å². The minimum absolute atomic E-state index is 0.224. The standard InChI is InChI=1S/C26H28ClN3O4/c1-3-8-34-23-12-19-22(13-21(23)27)29-14-20(25(28)31)24(19)30-18-10-16(15-6-4-5-7-15)9-17(11-18)26(32)33-2/h9-15H,3-8H2,1-2H3,(H2,28,31)(H,29,30). The van der Waals surface area contributed by atoms with Crippen LogP contribution < -0.4 is 15.8 Å². The second-order valence-electron chi connectivity index (χ2n) is 8.50. The molecule has 178 valence electrons. The molecule has 4 rings (SSSR count). The quantitative estimate of drug-likeness (QED) is 0.384. The van der Waals surface area contributed by atoms with Crippen molar-refractivity contribution in [1.29, 1.82) is 0 Å². The second kappa shape index (κ2) is 10.3. The van der Waals surface area contributed by atoms with Gasteiger partial charge in [0.05, 0.1) is 41.1 Å². The largest absolute Gasteiger partial charge is 0.492 e. The normalized spacial score (nSPS) is 13.7. The van der Waals surface area contributed by atoms with Crippen molar-refractivity contribution in [3.8, 4) is 5.75 Å². The highest BCUT2D eigenvalue weighted by Crippen LogP contribution is 2.39. The van der Waals surface area contributed by atoms with E-state index in [1.165, 1.54) is 13.3 Å². The van der Waals surface area contributed by atoms with Crippen molar-refractivity contribution in [3.63, 3.8) is 0 Å². The van der Waals surface area contributed by atoms with E-state index >= 15 is 0 Å². The Morgan fingerprint density at radius 2 is 1.94 bits per heavy atom. The zero-order chi connectivity index (χ0) is 24.2. The number of nitrogens with zero attached hydrogens (tertiary/aromatic N) is 1. The molecule has 0 aliphatic heterocycles. The first kappa shape index (κ1) is 23.8. The number of primary amides is 1. The van der Waals surface area contributed by atoms with Crippen LogP contribution in [0.1, 0.15) is 71.2 Å². The lowest BCUT2D eigenvalue weighted by atomic mass is 9.95. The summed E-state index contributed by atoms with van der Waals surface area (Å²) in [5.74, 6) is -0.164. The molecule has 0 bridgehead atoms. The zero-order valence-corrected chi connectivity index (χ0v) is 20.1. The molecule has 0 spiro atoms. The molecule has 3 aromatic rings. The predicted octanol–water partition coefficient (Wildman–Crippen LogP) is 5.96. The highest BCUT2D eigenvalue weighted by molar-refractivity contribution is 6.33. The number of ether oxygens (including phenoxy) is 2. The minimum Gasteiger partial charge on any atom is -0.492 e. The maximum absolute atomic E-state index is 12.4. The lowest BCUT2D eigenvalue weighted by Gasteiger charge is -2.18. The van der Waals surface area contributed by atoms with Crippen LogP contribution in [-0.4, -0.2) is 30.6 Å². The SMILES string of the molecule is CCCOc1cc2c(Nc3cc(C(=O)OC)cc(C4CCCC4)c3)c(C(N)=O)cnc2cc1Cl. The van der Waals surface area contributed by atoms with Crippen LogP contribution in [0.5, 0.6) is 5.75 Å². The number of hydrogen-bond acceptors (Lipinski definition) is 6. The van der Waals surface area contributed by atoms with E-state index in [0.29, 0.717) is 51.1 Å². The Bertz CT molecular complexity index is 1240. The molecular formula is C26H28ClN3O4. The average molecular weight is 482 g/mol. The molecule has 34 heavy (non-hydrogen) atoms. The number of rotatable bonds is 8. The number of methoxy groups -OCH3 is 1. The number of carbonyl (C=O) groups excluding carboxylic acids is 2. The molecule has 1 amide bonds. The van der Waals surface area contributed by atoms with Crippen molar-refractivity contribution in [3.05, 3.63) is 58.2 Å². The maximum Gasteiger partial charge on any atom is 0.337 e. The number of benzene rings is 2. The van der Waals surface area contributed by atoms with Gasteiger partial charge in [0.25, 0.3) is 5.91 Å².